The number of carboxylic acids is 1. The van der Waals surface area contributed by atoms with Crippen molar-refractivity contribution in [3.63, 3.8) is 0 Å². The molecule has 0 atom stereocenters. The van der Waals surface area contributed by atoms with Crippen LogP contribution in [-0.4, -0.2) is 20.9 Å². The number of nitrogens with zero attached hydrogens (tertiary/aromatic N) is 2. The molecule has 0 spiro atoms. The molecule has 1 heterocycles. The Labute approximate surface area is 89.1 Å². The Hall–Kier alpha value is -1.98. The number of aryl methyl sites for hydroxylation is 2. The van der Waals surface area contributed by atoms with E-state index in [1.807, 2.05) is 0 Å². The van der Waals surface area contributed by atoms with Crippen molar-refractivity contribution in [2.45, 2.75) is 6.92 Å². The number of hydrogen-bond donors (Lipinski definition) is 1. The fourth-order valence-electron chi connectivity index (χ4n) is 1.73. The lowest BCUT2D eigenvalue weighted by Gasteiger charge is -2.02. The van der Waals surface area contributed by atoms with Crippen LogP contribution in [0.25, 0.3) is 10.9 Å². The molecule has 0 amide bonds. The van der Waals surface area contributed by atoms with Gasteiger partial charge in [0.25, 0.3) is 0 Å². The fraction of sp³-hybridized carbons (Fsp3) is 0.200. The van der Waals surface area contributed by atoms with E-state index < -0.39 is 23.2 Å². The number of carbonyl (C=O) groups is 1. The van der Waals surface area contributed by atoms with Gasteiger partial charge in [0.15, 0.2) is 5.82 Å². The zero-order valence-electron chi connectivity index (χ0n) is 8.58. The summed E-state index contributed by atoms with van der Waals surface area (Å²) in [5.74, 6) is -3.80. The standard InChI is InChI=1S/C10H8F2N2O2/c1-4-7-6(14(2)13-4)3-5(11)8(9(7)12)10(15)16/h3H,1-2H3,(H,15,16). The largest absolute Gasteiger partial charge is 0.477 e. The van der Waals surface area contributed by atoms with E-state index in [2.05, 4.69) is 5.10 Å². The molecule has 2 aromatic rings. The Morgan fingerprint density at radius 1 is 1.50 bits per heavy atom. The van der Waals surface area contributed by atoms with E-state index in [4.69, 9.17) is 5.11 Å². The third-order valence-electron chi connectivity index (χ3n) is 2.42. The van der Waals surface area contributed by atoms with E-state index in [0.717, 1.165) is 6.07 Å². The molecule has 0 aliphatic heterocycles. The van der Waals surface area contributed by atoms with Gasteiger partial charge in [0.1, 0.15) is 11.4 Å². The van der Waals surface area contributed by atoms with Crippen LogP contribution >= 0.6 is 0 Å². The molecular formula is C10H8F2N2O2. The van der Waals surface area contributed by atoms with Crippen molar-refractivity contribution in [3.8, 4) is 0 Å². The minimum absolute atomic E-state index is 0.0429. The molecule has 0 saturated carbocycles. The first-order valence-corrected chi connectivity index (χ1v) is 4.48. The molecule has 1 aromatic heterocycles. The molecule has 0 aliphatic carbocycles. The highest BCUT2D eigenvalue weighted by atomic mass is 19.1. The van der Waals surface area contributed by atoms with Crippen LogP contribution in [0.5, 0.6) is 0 Å². The highest BCUT2D eigenvalue weighted by Crippen LogP contribution is 2.26. The molecule has 1 N–H and O–H groups in total. The Kier molecular flexibility index (Phi) is 2.15. The Bertz CT molecular complexity index is 605. The Morgan fingerprint density at radius 2 is 2.12 bits per heavy atom. The Morgan fingerprint density at radius 3 is 2.69 bits per heavy atom. The SMILES string of the molecule is Cc1nn(C)c2cc(F)c(C(=O)O)c(F)c12. The normalized spacial score (nSPS) is 11.0. The maximum atomic E-state index is 13.8. The molecule has 84 valence electrons. The topological polar surface area (TPSA) is 55.1 Å². The van der Waals surface area contributed by atoms with Crippen LogP contribution in [0.3, 0.4) is 0 Å². The van der Waals surface area contributed by atoms with Crippen molar-refractivity contribution in [1.29, 1.82) is 0 Å². The van der Waals surface area contributed by atoms with Gasteiger partial charge >= 0.3 is 5.97 Å². The molecule has 4 nitrogen and oxygen atoms in total. The second-order valence-corrected chi connectivity index (χ2v) is 3.46. The molecule has 1 aromatic carbocycles. The van der Waals surface area contributed by atoms with E-state index in [9.17, 15) is 13.6 Å². The molecule has 0 saturated heterocycles. The van der Waals surface area contributed by atoms with Gasteiger partial charge in [0.05, 0.1) is 16.6 Å². The summed E-state index contributed by atoms with van der Waals surface area (Å²) in [5, 5.41) is 12.6. The van der Waals surface area contributed by atoms with Crippen molar-refractivity contribution in [1.82, 2.24) is 9.78 Å². The predicted octanol–water partition coefficient (Wildman–Crippen LogP) is 1.86. The minimum Gasteiger partial charge on any atom is -0.477 e. The van der Waals surface area contributed by atoms with Gasteiger partial charge in [-0.1, -0.05) is 0 Å². The predicted molar refractivity (Wildman–Crippen MR) is 52.3 cm³/mol. The van der Waals surface area contributed by atoms with Gasteiger partial charge in [-0.2, -0.15) is 5.10 Å². The summed E-state index contributed by atoms with van der Waals surface area (Å²) in [5.41, 5.74) is -0.376. The first kappa shape index (κ1) is 10.5. The summed E-state index contributed by atoms with van der Waals surface area (Å²) in [6.45, 7) is 1.54. The van der Waals surface area contributed by atoms with Crippen LogP contribution in [0.2, 0.25) is 0 Å². The van der Waals surface area contributed by atoms with Gasteiger partial charge in [0, 0.05) is 13.1 Å². The molecule has 0 radical (unpaired) electrons. The zero-order chi connectivity index (χ0) is 12.0. The second-order valence-electron chi connectivity index (χ2n) is 3.46. The summed E-state index contributed by atoms with van der Waals surface area (Å²) >= 11 is 0. The van der Waals surface area contributed by atoms with Gasteiger partial charge in [-0.25, -0.2) is 13.6 Å². The van der Waals surface area contributed by atoms with E-state index in [-0.39, 0.29) is 10.9 Å². The number of halogens is 2. The van der Waals surface area contributed by atoms with E-state index in [0.29, 0.717) is 5.69 Å². The van der Waals surface area contributed by atoms with Crippen LogP contribution in [0, 0.1) is 18.6 Å². The van der Waals surface area contributed by atoms with E-state index in [1.165, 1.54) is 18.7 Å². The molecule has 0 unspecified atom stereocenters. The fourth-order valence-corrected chi connectivity index (χ4v) is 1.73. The van der Waals surface area contributed by atoms with Gasteiger partial charge < -0.3 is 5.11 Å². The lowest BCUT2D eigenvalue weighted by molar-refractivity contribution is 0.0687. The number of rotatable bonds is 1. The molecule has 2 rings (SSSR count). The number of fused-ring (bicyclic) bond motifs is 1. The monoisotopic (exact) mass is 226 g/mol. The maximum Gasteiger partial charge on any atom is 0.341 e. The average Bonchev–Trinajstić information content (AvgIpc) is 2.41. The molecular weight excluding hydrogens is 218 g/mol. The highest BCUT2D eigenvalue weighted by molar-refractivity contribution is 5.95. The summed E-state index contributed by atoms with van der Waals surface area (Å²) in [4.78, 5) is 10.7. The number of aromatic carboxylic acids is 1. The van der Waals surface area contributed by atoms with Crippen LogP contribution in [0.15, 0.2) is 6.07 Å². The lowest BCUT2D eigenvalue weighted by Crippen LogP contribution is -2.05. The maximum absolute atomic E-state index is 13.8. The van der Waals surface area contributed by atoms with Crippen LogP contribution in [0.1, 0.15) is 16.1 Å². The molecule has 0 fully saturated rings. The van der Waals surface area contributed by atoms with Crippen molar-refractivity contribution < 1.29 is 18.7 Å². The number of hydrogen-bond acceptors (Lipinski definition) is 2. The van der Waals surface area contributed by atoms with Crippen molar-refractivity contribution in [2.24, 2.45) is 7.05 Å². The third kappa shape index (κ3) is 1.26. The van der Waals surface area contributed by atoms with Crippen LogP contribution in [-0.2, 0) is 7.05 Å². The molecule has 0 aliphatic rings. The van der Waals surface area contributed by atoms with Gasteiger partial charge in [0.2, 0.25) is 0 Å². The van der Waals surface area contributed by atoms with Crippen molar-refractivity contribution in [2.75, 3.05) is 0 Å². The summed E-state index contributed by atoms with van der Waals surface area (Å²) in [6.07, 6.45) is 0. The first-order chi connectivity index (χ1) is 7.43. The number of carboxylic acid groups (broad SMARTS) is 1. The summed E-state index contributed by atoms with van der Waals surface area (Å²) in [6, 6.07) is 0.974. The van der Waals surface area contributed by atoms with Gasteiger partial charge in [-0.05, 0) is 6.92 Å². The molecule has 6 heteroatoms. The highest BCUT2D eigenvalue weighted by Gasteiger charge is 2.22. The Balaban J connectivity index is 2.98. The smallest absolute Gasteiger partial charge is 0.341 e. The van der Waals surface area contributed by atoms with Crippen LogP contribution in [0.4, 0.5) is 8.78 Å². The second kappa shape index (κ2) is 3.26. The molecule has 16 heavy (non-hydrogen) atoms. The number of benzene rings is 1. The summed E-state index contributed by atoms with van der Waals surface area (Å²) in [7, 11) is 1.54. The average molecular weight is 226 g/mol. The third-order valence-corrected chi connectivity index (χ3v) is 2.42. The summed E-state index contributed by atoms with van der Waals surface area (Å²) < 4.78 is 28.4. The quantitative estimate of drug-likeness (QED) is 0.807. The molecule has 0 bridgehead atoms. The van der Waals surface area contributed by atoms with Crippen LogP contribution < -0.4 is 0 Å². The van der Waals surface area contributed by atoms with E-state index >= 15 is 0 Å². The van der Waals surface area contributed by atoms with Gasteiger partial charge in [-0.15, -0.1) is 0 Å². The van der Waals surface area contributed by atoms with E-state index in [1.54, 1.807) is 0 Å². The zero-order valence-corrected chi connectivity index (χ0v) is 8.58. The van der Waals surface area contributed by atoms with Crippen molar-refractivity contribution >= 4 is 16.9 Å². The minimum atomic E-state index is -1.62. The number of aromatic nitrogens is 2. The van der Waals surface area contributed by atoms with Gasteiger partial charge in [-0.3, -0.25) is 4.68 Å². The van der Waals surface area contributed by atoms with Crippen molar-refractivity contribution in [3.05, 3.63) is 29.0 Å². The first-order valence-electron chi connectivity index (χ1n) is 4.48. The lowest BCUT2D eigenvalue weighted by atomic mass is 10.1.